The number of Topliss-reactive ketones (excluding diaryl/α,β-unsaturated/α-hetero) is 3. The number of rotatable bonds is 4. The number of fused-ring (bicyclic) bond motifs is 4. The molecule has 33 heavy (non-hydrogen) atoms. The molecule has 2 N–H and O–H groups in total. The van der Waals surface area contributed by atoms with Crippen LogP contribution in [0.15, 0.2) is 11.1 Å². The van der Waals surface area contributed by atoms with E-state index < -0.39 is 33.7 Å². The van der Waals surface area contributed by atoms with E-state index in [1.165, 1.54) is 0 Å². The van der Waals surface area contributed by atoms with Gasteiger partial charge in [-0.1, -0.05) is 34.6 Å². The molecule has 0 heterocycles. The minimum Gasteiger partial charge on any atom is -0.481 e. The summed E-state index contributed by atoms with van der Waals surface area (Å²) >= 11 is 0. The molecule has 4 aliphatic carbocycles. The molecule has 0 aromatic carbocycles. The van der Waals surface area contributed by atoms with E-state index in [2.05, 4.69) is 6.92 Å². The van der Waals surface area contributed by atoms with Crippen molar-refractivity contribution in [3.63, 3.8) is 0 Å². The standard InChI is InChI=1S/C27H38O6/c1-14(7-8-21(32)33)15-11-20(31)27(6)23-16(28)12-18-24(2,3)19(30)9-10-25(18,4)22(23)17(29)13-26(15,27)5/h14-16,18,28H,7-13H2,1-6H3,(H,32,33)/t14?,15-,16+,18+,25+,26-,27+/m1/s1. The van der Waals surface area contributed by atoms with Crippen molar-refractivity contribution in [3.8, 4) is 0 Å². The van der Waals surface area contributed by atoms with E-state index in [4.69, 9.17) is 5.11 Å². The Bertz CT molecular complexity index is 975. The first kappa shape index (κ1) is 24.3. The summed E-state index contributed by atoms with van der Waals surface area (Å²) in [4.78, 5) is 51.5. The Kier molecular flexibility index (Phi) is 5.41. The molecule has 4 rings (SSSR count). The topological polar surface area (TPSA) is 109 Å². The zero-order chi connectivity index (χ0) is 24.7. The van der Waals surface area contributed by atoms with E-state index in [9.17, 15) is 24.3 Å². The van der Waals surface area contributed by atoms with Crippen LogP contribution >= 0.6 is 0 Å². The molecular formula is C27H38O6. The van der Waals surface area contributed by atoms with Crippen LogP contribution in [0.3, 0.4) is 0 Å². The largest absolute Gasteiger partial charge is 0.481 e. The van der Waals surface area contributed by atoms with Gasteiger partial charge in [0.2, 0.25) is 0 Å². The van der Waals surface area contributed by atoms with Crippen molar-refractivity contribution < 1.29 is 29.4 Å². The van der Waals surface area contributed by atoms with Crippen LogP contribution in [-0.2, 0) is 19.2 Å². The summed E-state index contributed by atoms with van der Waals surface area (Å²) in [7, 11) is 0. The number of hydrogen-bond donors (Lipinski definition) is 2. The van der Waals surface area contributed by atoms with Crippen molar-refractivity contribution in [3.05, 3.63) is 11.1 Å². The van der Waals surface area contributed by atoms with Crippen LogP contribution in [-0.4, -0.2) is 39.6 Å². The van der Waals surface area contributed by atoms with Gasteiger partial charge in [0, 0.05) is 42.1 Å². The first-order valence-electron chi connectivity index (χ1n) is 12.4. The van der Waals surface area contributed by atoms with Crippen LogP contribution in [0.1, 0.15) is 86.5 Å². The molecule has 1 unspecified atom stereocenters. The maximum absolute atomic E-state index is 13.9. The summed E-state index contributed by atoms with van der Waals surface area (Å²) in [5, 5.41) is 20.6. The Morgan fingerprint density at radius 3 is 2.33 bits per heavy atom. The smallest absolute Gasteiger partial charge is 0.303 e. The number of hydrogen-bond acceptors (Lipinski definition) is 5. The summed E-state index contributed by atoms with van der Waals surface area (Å²) in [6, 6.07) is 0. The molecular weight excluding hydrogens is 420 g/mol. The SMILES string of the molecule is CC(CCC(=O)O)[C@H]1CC(=O)[C@@]2(C)C3=C(C(=O)C[C@]12C)[C@@]1(C)CCC(=O)C(C)(C)[C@@H]1C[C@@H]3O. The normalized spacial score (nSPS) is 43.1. The summed E-state index contributed by atoms with van der Waals surface area (Å²) in [6.07, 6.45) is 1.42. The van der Waals surface area contributed by atoms with Crippen molar-refractivity contribution in [1.82, 2.24) is 0 Å². The van der Waals surface area contributed by atoms with Gasteiger partial charge in [-0.15, -0.1) is 0 Å². The molecule has 6 heteroatoms. The van der Waals surface area contributed by atoms with Crippen LogP contribution in [0.5, 0.6) is 0 Å². The molecule has 2 fully saturated rings. The number of aliphatic hydroxyl groups is 1. The summed E-state index contributed by atoms with van der Waals surface area (Å²) in [5.41, 5.74) is -1.59. The number of carbonyl (C=O) groups is 4. The molecule has 7 atom stereocenters. The predicted octanol–water partition coefficient (Wildman–Crippen LogP) is 4.13. The third-order valence-electron chi connectivity index (χ3n) is 10.6. The van der Waals surface area contributed by atoms with Gasteiger partial charge in [-0.3, -0.25) is 19.2 Å². The second-order valence-electron chi connectivity index (χ2n) is 12.4. The maximum atomic E-state index is 13.9. The van der Waals surface area contributed by atoms with Crippen molar-refractivity contribution in [2.75, 3.05) is 0 Å². The number of carbonyl (C=O) groups excluding carboxylic acids is 3. The fraction of sp³-hybridized carbons (Fsp3) is 0.778. The molecule has 0 spiro atoms. The molecule has 2 saturated carbocycles. The lowest BCUT2D eigenvalue weighted by molar-refractivity contribution is -0.147. The molecule has 0 aliphatic heterocycles. The molecule has 6 nitrogen and oxygen atoms in total. The Hall–Kier alpha value is -1.82. The second kappa shape index (κ2) is 7.34. The lowest BCUT2D eigenvalue weighted by Crippen LogP contribution is -2.60. The van der Waals surface area contributed by atoms with Crippen molar-refractivity contribution in [1.29, 1.82) is 0 Å². The van der Waals surface area contributed by atoms with Gasteiger partial charge in [0.15, 0.2) is 5.78 Å². The molecule has 0 aromatic heterocycles. The Balaban J connectivity index is 1.85. The predicted molar refractivity (Wildman–Crippen MR) is 122 cm³/mol. The maximum Gasteiger partial charge on any atom is 0.303 e. The van der Waals surface area contributed by atoms with E-state index >= 15 is 0 Å². The van der Waals surface area contributed by atoms with Crippen LogP contribution in [0, 0.1) is 39.4 Å². The van der Waals surface area contributed by atoms with Crippen LogP contribution in [0.2, 0.25) is 0 Å². The third-order valence-corrected chi connectivity index (χ3v) is 10.6. The second-order valence-corrected chi connectivity index (χ2v) is 12.4. The van der Waals surface area contributed by atoms with E-state index in [1.807, 2.05) is 34.6 Å². The Morgan fingerprint density at radius 1 is 1.09 bits per heavy atom. The fourth-order valence-electron chi connectivity index (χ4n) is 8.47. The molecule has 182 valence electrons. The number of carboxylic acids is 1. The van der Waals surface area contributed by atoms with Gasteiger partial charge < -0.3 is 10.2 Å². The number of aliphatic carboxylic acids is 1. The van der Waals surface area contributed by atoms with Crippen molar-refractivity contribution in [2.24, 2.45) is 39.4 Å². The molecule has 0 bridgehead atoms. The fourth-order valence-corrected chi connectivity index (χ4v) is 8.47. The molecule has 0 amide bonds. The van der Waals surface area contributed by atoms with Gasteiger partial charge in [0.25, 0.3) is 0 Å². The van der Waals surface area contributed by atoms with Gasteiger partial charge in [-0.05, 0) is 54.9 Å². The van der Waals surface area contributed by atoms with Crippen LogP contribution in [0.25, 0.3) is 0 Å². The van der Waals surface area contributed by atoms with Gasteiger partial charge in [0.05, 0.1) is 11.5 Å². The number of allylic oxidation sites excluding steroid dienone is 1. The highest BCUT2D eigenvalue weighted by atomic mass is 16.4. The summed E-state index contributed by atoms with van der Waals surface area (Å²) in [6.45, 7) is 11.8. The van der Waals surface area contributed by atoms with Gasteiger partial charge >= 0.3 is 5.97 Å². The first-order valence-corrected chi connectivity index (χ1v) is 12.4. The lowest BCUT2D eigenvalue weighted by Gasteiger charge is -2.60. The Morgan fingerprint density at radius 2 is 1.73 bits per heavy atom. The zero-order valence-corrected chi connectivity index (χ0v) is 20.8. The molecule has 0 radical (unpaired) electrons. The van der Waals surface area contributed by atoms with Gasteiger partial charge in [-0.2, -0.15) is 0 Å². The summed E-state index contributed by atoms with van der Waals surface area (Å²) in [5.74, 6) is -0.948. The van der Waals surface area contributed by atoms with Gasteiger partial charge in [-0.25, -0.2) is 0 Å². The Labute approximate surface area is 196 Å². The number of aliphatic hydroxyl groups excluding tert-OH is 1. The highest BCUT2D eigenvalue weighted by Crippen LogP contribution is 2.70. The van der Waals surface area contributed by atoms with Crippen LogP contribution in [0.4, 0.5) is 0 Å². The lowest BCUT2D eigenvalue weighted by atomic mass is 9.42. The number of ketones is 3. The quantitative estimate of drug-likeness (QED) is 0.656. The summed E-state index contributed by atoms with van der Waals surface area (Å²) < 4.78 is 0. The van der Waals surface area contributed by atoms with E-state index in [0.717, 1.165) is 0 Å². The average molecular weight is 459 g/mol. The minimum absolute atomic E-state index is 0.00786. The highest BCUT2D eigenvalue weighted by Gasteiger charge is 2.70. The monoisotopic (exact) mass is 458 g/mol. The van der Waals surface area contributed by atoms with E-state index in [0.29, 0.717) is 43.3 Å². The van der Waals surface area contributed by atoms with Crippen molar-refractivity contribution >= 4 is 23.3 Å². The molecule has 0 aromatic rings. The van der Waals surface area contributed by atoms with Gasteiger partial charge in [0.1, 0.15) is 11.6 Å². The van der Waals surface area contributed by atoms with Crippen LogP contribution < -0.4 is 0 Å². The molecule has 0 saturated heterocycles. The van der Waals surface area contributed by atoms with Crippen molar-refractivity contribution in [2.45, 2.75) is 92.6 Å². The third kappa shape index (κ3) is 3.01. The first-order chi connectivity index (χ1) is 15.1. The van der Waals surface area contributed by atoms with E-state index in [1.54, 1.807) is 0 Å². The minimum atomic E-state index is -0.961. The number of carboxylic acid groups (broad SMARTS) is 1. The highest BCUT2D eigenvalue weighted by molar-refractivity contribution is 6.05. The molecule has 4 aliphatic rings. The zero-order valence-electron chi connectivity index (χ0n) is 20.8. The van der Waals surface area contributed by atoms with E-state index in [-0.39, 0.29) is 47.9 Å². The average Bonchev–Trinajstić information content (AvgIpc) is 2.92.